The summed E-state index contributed by atoms with van der Waals surface area (Å²) in [6.07, 6.45) is 0. The number of aryl methyl sites for hydroxylation is 2. The molecule has 0 atom stereocenters. The van der Waals surface area contributed by atoms with Crippen molar-refractivity contribution in [3.63, 3.8) is 0 Å². The van der Waals surface area contributed by atoms with Gasteiger partial charge in [0.25, 0.3) is 0 Å². The van der Waals surface area contributed by atoms with Gasteiger partial charge in [-0.2, -0.15) is 0 Å². The largest absolute Gasteiger partial charge is 0.289 e. The average Bonchev–Trinajstić information content (AvgIpc) is 2.61. The van der Waals surface area contributed by atoms with Crippen LogP contribution >= 0.6 is 22.9 Å². The van der Waals surface area contributed by atoms with Gasteiger partial charge in [-0.15, -0.1) is 11.3 Å². The number of halogens is 2. The van der Waals surface area contributed by atoms with E-state index in [1.165, 1.54) is 12.1 Å². The molecule has 0 N–H and O–H groups in total. The zero-order valence-electron chi connectivity index (χ0n) is 9.38. The molecular weight excluding hydrogens is 259 g/mol. The molecule has 0 spiro atoms. The van der Waals surface area contributed by atoms with E-state index in [4.69, 9.17) is 11.6 Å². The van der Waals surface area contributed by atoms with Crippen LogP contribution in [0.3, 0.4) is 0 Å². The summed E-state index contributed by atoms with van der Waals surface area (Å²) < 4.78 is 13.3. The molecule has 1 aromatic heterocycles. The molecule has 1 nitrogen and oxygen atoms in total. The van der Waals surface area contributed by atoms with E-state index in [2.05, 4.69) is 0 Å². The minimum Gasteiger partial charge on any atom is -0.289 e. The van der Waals surface area contributed by atoms with Gasteiger partial charge < -0.3 is 0 Å². The molecule has 0 saturated carbocycles. The normalized spacial score (nSPS) is 10.6. The first-order chi connectivity index (χ1) is 8.00. The van der Waals surface area contributed by atoms with Crippen LogP contribution in [0.1, 0.15) is 25.7 Å². The Morgan fingerprint density at radius 1 is 1.29 bits per heavy atom. The van der Waals surface area contributed by atoms with Crippen molar-refractivity contribution in [2.75, 3.05) is 0 Å². The van der Waals surface area contributed by atoms with Gasteiger partial charge in [0.15, 0.2) is 5.78 Å². The molecule has 17 heavy (non-hydrogen) atoms. The average molecular weight is 269 g/mol. The van der Waals surface area contributed by atoms with Crippen LogP contribution in [0.15, 0.2) is 24.3 Å². The maximum absolute atomic E-state index is 13.3. The molecule has 88 valence electrons. The Labute approximate surface area is 108 Å². The van der Waals surface area contributed by atoms with E-state index in [0.29, 0.717) is 5.56 Å². The second-order valence-electron chi connectivity index (χ2n) is 3.76. The van der Waals surface area contributed by atoms with Crippen LogP contribution in [-0.4, -0.2) is 5.78 Å². The summed E-state index contributed by atoms with van der Waals surface area (Å²) in [5.74, 6) is -0.793. The number of thiophene rings is 1. The summed E-state index contributed by atoms with van der Waals surface area (Å²) in [7, 11) is 0. The van der Waals surface area contributed by atoms with E-state index in [-0.39, 0.29) is 16.4 Å². The number of carbonyl (C=O) groups is 1. The van der Waals surface area contributed by atoms with Crippen LogP contribution in [0.25, 0.3) is 0 Å². The summed E-state index contributed by atoms with van der Waals surface area (Å²) in [5, 5.41) is -0.110. The molecule has 0 aliphatic rings. The zero-order chi connectivity index (χ0) is 12.6. The molecular formula is C13H10ClFOS. The lowest BCUT2D eigenvalue weighted by Crippen LogP contribution is -2.03. The number of carbonyl (C=O) groups excluding carboxylic acids is 1. The predicted molar refractivity (Wildman–Crippen MR) is 68.6 cm³/mol. The van der Waals surface area contributed by atoms with Crippen molar-refractivity contribution in [3.8, 4) is 0 Å². The fourth-order valence-corrected chi connectivity index (χ4v) is 2.81. The van der Waals surface area contributed by atoms with Crippen molar-refractivity contribution in [1.29, 1.82) is 0 Å². The first kappa shape index (κ1) is 12.3. The Morgan fingerprint density at radius 2 is 2.00 bits per heavy atom. The van der Waals surface area contributed by atoms with E-state index in [1.54, 1.807) is 17.4 Å². The Bertz CT molecular complexity index is 589. The van der Waals surface area contributed by atoms with Crippen molar-refractivity contribution >= 4 is 28.7 Å². The number of rotatable bonds is 2. The molecule has 2 rings (SSSR count). The van der Waals surface area contributed by atoms with Crippen molar-refractivity contribution in [1.82, 2.24) is 0 Å². The number of ketones is 1. The van der Waals surface area contributed by atoms with Gasteiger partial charge in [0.05, 0.1) is 5.02 Å². The Hall–Kier alpha value is -1.19. The molecule has 4 heteroatoms. The van der Waals surface area contributed by atoms with Crippen molar-refractivity contribution in [2.45, 2.75) is 13.8 Å². The highest BCUT2D eigenvalue weighted by molar-refractivity contribution is 7.12. The second kappa shape index (κ2) is 4.59. The van der Waals surface area contributed by atoms with Crippen molar-refractivity contribution in [3.05, 3.63) is 56.0 Å². The lowest BCUT2D eigenvalue weighted by Gasteiger charge is -2.03. The van der Waals surface area contributed by atoms with Gasteiger partial charge >= 0.3 is 0 Å². The van der Waals surface area contributed by atoms with Crippen molar-refractivity contribution < 1.29 is 9.18 Å². The first-order valence-corrected chi connectivity index (χ1v) is 6.26. The number of hydrogen-bond acceptors (Lipinski definition) is 2. The summed E-state index contributed by atoms with van der Waals surface area (Å²) in [4.78, 5) is 14.2. The van der Waals surface area contributed by atoms with Gasteiger partial charge in [-0.1, -0.05) is 17.7 Å². The summed E-state index contributed by atoms with van der Waals surface area (Å²) in [5.41, 5.74) is 0.813. The maximum Gasteiger partial charge on any atom is 0.195 e. The van der Waals surface area contributed by atoms with E-state index in [9.17, 15) is 9.18 Å². The molecule has 0 aliphatic carbocycles. The van der Waals surface area contributed by atoms with E-state index < -0.39 is 5.82 Å². The van der Waals surface area contributed by atoms with Crippen molar-refractivity contribution in [2.24, 2.45) is 0 Å². The van der Waals surface area contributed by atoms with Crippen LogP contribution in [0.5, 0.6) is 0 Å². The fraction of sp³-hybridized carbons (Fsp3) is 0.154. The summed E-state index contributed by atoms with van der Waals surface area (Å²) in [6.45, 7) is 3.81. The molecule has 1 aromatic carbocycles. The summed E-state index contributed by atoms with van der Waals surface area (Å²) in [6, 6.07) is 6.08. The predicted octanol–water partition coefficient (Wildman–Crippen LogP) is 4.39. The molecule has 0 fully saturated rings. The number of benzene rings is 1. The third kappa shape index (κ3) is 2.26. The second-order valence-corrected chi connectivity index (χ2v) is 5.60. The molecule has 0 unspecified atom stereocenters. The quantitative estimate of drug-likeness (QED) is 0.739. The van der Waals surface area contributed by atoms with Crippen LogP contribution in [-0.2, 0) is 0 Å². The Morgan fingerprint density at radius 3 is 2.59 bits per heavy atom. The van der Waals surface area contributed by atoms with Crippen LogP contribution in [0.2, 0.25) is 5.02 Å². The van der Waals surface area contributed by atoms with E-state index >= 15 is 0 Å². The Balaban J connectivity index is 2.51. The lowest BCUT2D eigenvalue weighted by atomic mass is 10.0. The minimum absolute atomic E-state index is 0.110. The molecule has 0 bridgehead atoms. The molecule has 0 amide bonds. The van der Waals surface area contributed by atoms with Gasteiger partial charge in [-0.3, -0.25) is 4.79 Å². The van der Waals surface area contributed by atoms with Gasteiger partial charge in [-0.05, 0) is 32.0 Å². The number of hydrogen-bond donors (Lipinski definition) is 0. The fourth-order valence-electron chi connectivity index (χ4n) is 1.68. The highest BCUT2D eigenvalue weighted by atomic mass is 35.5. The van der Waals surface area contributed by atoms with Gasteiger partial charge in [-0.25, -0.2) is 4.39 Å². The molecule has 0 aliphatic heterocycles. The van der Waals surface area contributed by atoms with E-state index in [1.807, 2.05) is 19.9 Å². The smallest absolute Gasteiger partial charge is 0.195 e. The topological polar surface area (TPSA) is 17.1 Å². The van der Waals surface area contributed by atoms with Crippen LogP contribution in [0, 0.1) is 19.7 Å². The standard InChI is InChI=1S/C13H10ClFOS/c1-7-6-10(8(2)17-7)13(16)9-4-3-5-11(15)12(9)14/h3-6H,1-2H3. The molecule has 2 aromatic rings. The highest BCUT2D eigenvalue weighted by Gasteiger charge is 2.18. The van der Waals surface area contributed by atoms with Gasteiger partial charge in [0, 0.05) is 20.9 Å². The summed E-state index contributed by atoms with van der Waals surface area (Å²) >= 11 is 7.35. The van der Waals surface area contributed by atoms with E-state index in [0.717, 1.165) is 9.75 Å². The highest BCUT2D eigenvalue weighted by Crippen LogP contribution is 2.27. The monoisotopic (exact) mass is 268 g/mol. The van der Waals surface area contributed by atoms with Crippen LogP contribution < -0.4 is 0 Å². The Kier molecular flexibility index (Phi) is 3.31. The molecule has 0 radical (unpaired) electrons. The third-order valence-corrected chi connectivity index (χ3v) is 3.83. The minimum atomic E-state index is -0.567. The molecule has 1 heterocycles. The maximum atomic E-state index is 13.3. The third-order valence-electron chi connectivity index (χ3n) is 2.48. The SMILES string of the molecule is Cc1cc(C(=O)c2cccc(F)c2Cl)c(C)s1. The van der Waals surface area contributed by atoms with Gasteiger partial charge in [0.1, 0.15) is 5.82 Å². The molecule has 0 saturated heterocycles. The lowest BCUT2D eigenvalue weighted by molar-refractivity contribution is 0.103. The van der Waals surface area contributed by atoms with Gasteiger partial charge in [0.2, 0.25) is 0 Å². The van der Waals surface area contributed by atoms with Crippen LogP contribution in [0.4, 0.5) is 4.39 Å². The zero-order valence-corrected chi connectivity index (χ0v) is 11.0. The first-order valence-electron chi connectivity index (χ1n) is 5.06.